The van der Waals surface area contributed by atoms with Gasteiger partial charge in [0.15, 0.2) is 0 Å². The number of anilines is 1. The molecule has 0 aliphatic rings. The van der Waals surface area contributed by atoms with E-state index < -0.39 is 17.5 Å². The number of rotatable bonds is 4. The summed E-state index contributed by atoms with van der Waals surface area (Å²) < 4.78 is 1.10. The van der Waals surface area contributed by atoms with Crippen LogP contribution in [0.25, 0.3) is 5.69 Å². The van der Waals surface area contributed by atoms with Gasteiger partial charge in [0, 0.05) is 11.3 Å². The Labute approximate surface area is 135 Å². The van der Waals surface area contributed by atoms with Crippen molar-refractivity contribution in [1.82, 2.24) is 14.8 Å². The molecule has 120 valence electrons. The smallest absolute Gasteiger partial charge is 0.348 e. The molecule has 0 unspecified atom stereocenters. The molecule has 0 aliphatic carbocycles. The van der Waals surface area contributed by atoms with E-state index in [0.29, 0.717) is 16.9 Å². The number of primary amides is 1. The number of aromatic nitrogens is 3. The molecule has 0 bridgehead atoms. The highest BCUT2D eigenvalue weighted by molar-refractivity contribution is 6.01. The topological polar surface area (TPSA) is 123 Å². The molecule has 1 heterocycles. The van der Waals surface area contributed by atoms with Crippen LogP contribution in [0.3, 0.4) is 0 Å². The van der Waals surface area contributed by atoms with Crippen molar-refractivity contribution >= 4 is 17.5 Å². The van der Waals surface area contributed by atoms with E-state index in [0.717, 1.165) is 4.68 Å². The lowest BCUT2D eigenvalue weighted by Crippen LogP contribution is -2.16. The average molecular weight is 323 g/mol. The number of para-hydroxylation sites is 1. The Morgan fingerprint density at radius 1 is 1.04 bits per heavy atom. The number of nitrogens with one attached hydrogen (secondary N) is 2. The van der Waals surface area contributed by atoms with Gasteiger partial charge in [-0.15, -0.1) is 5.10 Å². The van der Waals surface area contributed by atoms with Crippen LogP contribution in [0.4, 0.5) is 5.69 Å². The Morgan fingerprint density at radius 2 is 1.71 bits per heavy atom. The molecular formula is C16H13N5O3. The second-order valence-corrected chi connectivity index (χ2v) is 4.92. The van der Waals surface area contributed by atoms with E-state index in [2.05, 4.69) is 15.4 Å². The summed E-state index contributed by atoms with van der Waals surface area (Å²) in [6, 6.07) is 14.8. The number of carbonyl (C=O) groups is 2. The highest BCUT2D eigenvalue weighted by Gasteiger charge is 2.14. The zero-order chi connectivity index (χ0) is 17.1. The number of hydrogen-bond donors (Lipinski definition) is 3. The Bertz CT molecular complexity index is 942. The SMILES string of the molecule is NC(=O)c1ccc(NC(=O)c2nn(-c3ccccc3)c(=O)[nH]2)cc1. The van der Waals surface area contributed by atoms with Crippen molar-refractivity contribution in [3.8, 4) is 5.69 Å². The predicted molar refractivity (Wildman–Crippen MR) is 87.1 cm³/mol. The van der Waals surface area contributed by atoms with Crippen molar-refractivity contribution in [2.45, 2.75) is 0 Å². The second-order valence-electron chi connectivity index (χ2n) is 4.92. The molecule has 0 atom stereocenters. The quantitative estimate of drug-likeness (QED) is 0.660. The molecule has 0 saturated carbocycles. The zero-order valence-electron chi connectivity index (χ0n) is 12.4. The first-order chi connectivity index (χ1) is 11.5. The number of H-pyrrole nitrogens is 1. The van der Waals surface area contributed by atoms with Gasteiger partial charge in [0.05, 0.1) is 5.69 Å². The van der Waals surface area contributed by atoms with Gasteiger partial charge in [-0.2, -0.15) is 4.68 Å². The molecule has 0 fully saturated rings. The maximum absolute atomic E-state index is 12.2. The van der Waals surface area contributed by atoms with Gasteiger partial charge in [0.1, 0.15) is 0 Å². The van der Waals surface area contributed by atoms with E-state index in [1.165, 1.54) is 24.3 Å². The van der Waals surface area contributed by atoms with E-state index in [1.54, 1.807) is 24.3 Å². The van der Waals surface area contributed by atoms with Crippen molar-refractivity contribution in [3.63, 3.8) is 0 Å². The van der Waals surface area contributed by atoms with E-state index in [9.17, 15) is 14.4 Å². The van der Waals surface area contributed by atoms with Gasteiger partial charge in [0.2, 0.25) is 11.7 Å². The Hall–Kier alpha value is -3.68. The highest BCUT2D eigenvalue weighted by Crippen LogP contribution is 2.10. The van der Waals surface area contributed by atoms with Crippen LogP contribution in [0.5, 0.6) is 0 Å². The second kappa shape index (κ2) is 6.21. The highest BCUT2D eigenvalue weighted by atomic mass is 16.2. The maximum Gasteiger partial charge on any atom is 0.348 e. The predicted octanol–water partition coefficient (Wildman–Crippen LogP) is 0.912. The summed E-state index contributed by atoms with van der Waals surface area (Å²) in [5.41, 5.74) is 5.95. The van der Waals surface area contributed by atoms with E-state index >= 15 is 0 Å². The minimum Gasteiger partial charge on any atom is -0.366 e. The fourth-order valence-corrected chi connectivity index (χ4v) is 2.08. The van der Waals surface area contributed by atoms with Gasteiger partial charge in [-0.1, -0.05) is 18.2 Å². The molecule has 0 aliphatic heterocycles. The third-order valence-electron chi connectivity index (χ3n) is 3.26. The number of aromatic amines is 1. The molecule has 1 aromatic heterocycles. The zero-order valence-corrected chi connectivity index (χ0v) is 12.4. The van der Waals surface area contributed by atoms with Crippen LogP contribution in [0.15, 0.2) is 59.4 Å². The normalized spacial score (nSPS) is 10.3. The number of amides is 2. The standard InChI is InChI=1S/C16H13N5O3/c17-13(22)10-6-8-11(9-7-10)18-15(23)14-19-16(24)21(20-14)12-4-2-1-3-5-12/h1-9H,(H2,17,22)(H,18,23)(H,19,20,24). The molecule has 2 amide bonds. The summed E-state index contributed by atoms with van der Waals surface area (Å²) >= 11 is 0. The first kappa shape index (κ1) is 15.2. The first-order valence-corrected chi connectivity index (χ1v) is 7.00. The monoisotopic (exact) mass is 323 g/mol. The summed E-state index contributed by atoms with van der Waals surface area (Å²) in [5, 5.41) is 6.56. The van der Waals surface area contributed by atoms with Crippen LogP contribution in [0.1, 0.15) is 21.0 Å². The van der Waals surface area contributed by atoms with Crippen LogP contribution in [-0.2, 0) is 0 Å². The molecule has 0 radical (unpaired) electrons. The molecule has 8 nitrogen and oxygen atoms in total. The number of nitrogens with zero attached hydrogens (tertiary/aromatic N) is 2. The Kier molecular flexibility index (Phi) is 3.94. The van der Waals surface area contributed by atoms with Crippen LogP contribution in [-0.4, -0.2) is 26.6 Å². The third-order valence-corrected chi connectivity index (χ3v) is 3.26. The van der Waals surface area contributed by atoms with E-state index in [1.807, 2.05) is 6.07 Å². The van der Waals surface area contributed by atoms with Crippen LogP contribution >= 0.6 is 0 Å². The fourth-order valence-electron chi connectivity index (χ4n) is 2.08. The summed E-state index contributed by atoms with van der Waals surface area (Å²) in [4.78, 5) is 37.5. The van der Waals surface area contributed by atoms with Crippen molar-refractivity contribution in [1.29, 1.82) is 0 Å². The minimum atomic E-state index is -0.575. The summed E-state index contributed by atoms with van der Waals surface area (Å²) in [7, 11) is 0. The molecule has 3 rings (SSSR count). The lowest BCUT2D eigenvalue weighted by molar-refractivity contribution is 0.0997. The number of hydrogen-bond acceptors (Lipinski definition) is 4. The molecule has 0 spiro atoms. The largest absolute Gasteiger partial charge is 0.366 e. The average Bonchev–Trinajstić information content (AvgIpc) is 2.98. The Morgan fingerprint density at radius 3 is 2.33 bits per heavy atom. The van der Waals surface area contributed by atoms with Crippen molar-refractivity contribution < 1.29 is 9.59 Å². The van der Waals surface area contributed by atoms with Crippen LogP contribution in [0, 0.1) is 0 Å². The summed E-state index contributed by atoms with van der Waals surface area (Å²) in [6.45, 7) is 0. The van der Waals surface area contributed by atoms with E-state index in [4.69, 9.17) is 5.73 Å². The number of benzene rings is 2. The molecule has 0 saturated heterocycles. The Balaban J connectivity index is 1.81. The van der Waals surface area contributed by atoms with Crippen LogP contribution < -0.4 is 16.7 Å². The molecule has 3 aromatic rings. The molecular weight excluding hydrogens is 310 g/mol. The molecule has 8 heteroatoms. The molecule has 2 aromatic carbocycles. The molecule has 4 N–H and O–H groups in total. The number of nitrogens with two attached hydrogens (primary N) is 1. The minimum absolute atomic E-state index is 0.122. The first-order valence-electron chi connectivity index (χ1n) is 7.00. The van der Waals surface area contributed by atoms with Crippen molar-refractivity contribution in [2.24, 2.45) is 5.73 Å². The van der Waals surface area contributed by atoms with Crippen molar-refractivity contribution in [2.75, 3.05) is 5.32 Å². The third kappa shape index (κ3) is 3.07. The molecule has 24 heavy (non-hydrogen) atoms. The van der Waals surface area contributed by atoms with Gasteiger partial charge in [-0.05, 0) is 36.4 Å². The number of carbonyl (C=O) groups excluding carboxylic acids is 2. The lowest BCUT2D eigenvalue weighted by Gasteiger charge is -2.03. The fraction of sp³-hybridized carbons (Fsp3) is 0. The maximum atomic E-state index is 12.2. The van der Waals surface area contributed by atoms with E-state index in [-0.39, 0.29) is 5.82 Å². The summed E-state index contributed by atoms with van der Waals surface area (Å²) in [5.74, 6) is -1.25. The van der Waals surface area contributed by atoms with Crippen LogP contribution in [0.2, 0.25) is 0 Å². The van der Waals surface area contributed by atoms with Gasteiger partial charge in [0.25, 0.3) is 5.91 Å². The lowest BCUT2D eigenvalue weighted by atomic mass is 10.2. The van der Waals surface area contributed by atoms with Gasteiger partial charge < -0.3 is 11.1 Å². The van der Waals surface area contributed by atoms with Gasteiger partial charge >= 0.3 is 5.69 Å². The summed E-state index contributed by atoms with van der Waals surface area (Å²) in [6.07, 6.45) is 0. The van der Waals surface area contributed by atoms with Gasteiger partial charge in [-0.3, -0.25) is 14.6 Å². The van der Waals surface area contributed by atoms with Crippen molar-refractivity contribution in [3.05, 3.63) is 76.5 Å². The van der Waals surface area contributed by atoms with Gasteiger partial charge in [-0.25, -0.2) is 4.79 Å².